The Hall–Kier alpha value is -4.13. The molecular formula is C36H43NO6. The van der Waals surface area contributed by atoms with E-state index in [1.54, 1.807) is 30.9 Å². The van der Waals surface area contributed by atoms with Crippen molar-refractivity contribution in [2.45, 2.75) is 90.9 Å². The number of benzene rings is 3. The van der Waals surface area contributed by atoms with E-state index >= 15 is 0 Å². The lowest BCUT2D eigenvalue weighted by Gasteiger charge is -2.32. The number of ether oxygens (including phenoxy) is 3. The van der Waals surface area contributed by atoms with Gasteiger partial charge in [-0.3, -0.25) is 9.59 Å². The van der Waals surface area contributed by atoms with E-state index in [9.17, 15) is 14.4 Å². The fraction of sp³-hybridized carbons (Fsp3) is 0.417. The first kappa shape index (κ1) is 31.8. The number of rotatable bonds is 14. The minimum absolute atomic E-state index is 0.0370. The number of amides is 1. The largest absolute Gasteiger partial charge is 0.469 e. The van der Waals surface area contributed by atoms with Crippen LogP contribution in [0.25, 0.3) is 11.1 Å². The molecule has 228 valence electrons. The lowest BCUT2D eigenvalue weighted by atomic mass is 10.0. The quantitative estimate of drug-likeness (QED) is 0.141. The second kappa shape index (κ2) is 14.9. The molecule has 0 aliphatic carbocycles. The first-order chi connectivity index (χ1) is 20.7. The molecule has 0 bridgehead atoms. The van der Waals surface area contributed by atoms with Gasteiger partial charge in [0.15, 0.2) is 0 Å². The summed E-state index contributed by atoms with van der Waals surface area (Å²) in [6.07, 6.45) is 7.33. The Morgan fingerprint density at radius 2 is 1.42 bits per heavy atom. The maximum Gasteiger partial charge on any atom is 0.345 e. The molecule has 3 aromatic carbocycles. The maximum atomic E-state index is 13.6. The Morgan fingerprint density at radius 1 is 0.791 bits per heavy atom. The first-order valence-corrected chi connectivity index (χ1v) is 15.3. The van der Waals surface area contributed by atoms with Gasteiger partial charge < -0.3 is 19.1 Å². The number of carbonyl (C=O) groups excluding carboxylic acids is 3. The molecule has 43 heavy (non-hydrogen) atoms. The zero-order valence-electron chi connectivity index (χ0n) is 25.8. The Bertz CT molecular complexity index is 1390. The molecule has 4 rings (SSSR count). The highest BCUT2D eigenvalue weighted by molar-refractivity contribution is 5.98. The monoisotopic (exact) mass is 585 g/mol. The zero-order valence-corrected chi connectivity index (χ0v) is 25.8. The normalized spacial score (nSPS) is 13.4. The summed E-state index contributed by atoms with van der Waals surface area (Å²) in [5.74, 6) is -1.34. The molecule has 0 spiro atoms. The van der Waals surface area contributed by atoms with Crippen LogP contribution in [0.5, 0.6) is 5.75 Å². The molecule has 0 fully saturated rings. The van der Waals surface area contributed by atoms with Crippen molar-refractivity contribution in [3.8, 4) is 16.9 Å². The molecule has 1 aliphatic heterocycles. The van der Waals surface area contributed by atoms with Gasteiger partial charge in [-0.15, -0.1) is 0 Å². The second-order valence-corrected chi connectivity index (χ2v) is 11.5. The Kier molecular flexibility index (Phi) is 11.0. The summed E-state index contributed by atoms with van der Waals surface area (Å²) in [6.45, 7) is 5.94. The van der Waals surface area contributed by atoms with Crippen LogP contribution in [0.15, 0.2) is 66.7 Å². The second-order valence-electron chi connectivity index (χ2n) is 11.5. The standard InChI is InChI=1S/C36H43NO6/c1-5-6-11-26-14-18-28(19-15-26)29-20-16-27(17-21-29)25-37(33(38)12-9-7-8-10-13-34(39)41-4)30-22-23-32-31(24-30)35(40)43-36(2,3)42-32/h14-24H,5-13,25H2,1-4H3. The molecule has 1 amide bonds. The van der Waals surface area contributed by atoms with E-state index in [1.807, 2.05) is 18.2 Å². The van der Waals surface area contributed by atoms with E-state index in [0.717, 1.165) is 42.4 Å². The van der Waals surface area contributed by atoms with Gasteiger partial charge in [0.2, 0.25) is 11.7 Å². The molecule has 7 heteroatoms. The predicted molar refractivity (Wildman–Crippen MR) is 168 cm³/mol. The number of nitrogens with zero attached hydrogens (tertiary/aromatic N) is 1. The Labute approximate surface area is 255 Å². The third kappa shape index (κ3) is 8.93. The van der Waals surface area contributed by atoms with Gasteiger partial charge in [0.05, 0.1) is 13.7 Å². The Morgan fingerprint density at radius 3 is 2.05 bits per heavy atom. The van der Waals surface area contributed by atoms with Crippen LogP contribution in [0.3, 0.4) is 0 Å². The molecule has 1 aliphatic rings. The number of anilines is 1. The van der Waals surface area contributed by atoms with Crippen molar-refractivity contribution in [3.63, 3.8) is 0 Å². The predicted octanol–water partition coefficient (Wildman–Crippen LogP) is 8.03. The fourth-order valence-electron chi connectivity index (χ4n) is 5.19. The molecule has 3 aromatic rings. The maximum absolute atomic E-state index is 13.6. The van der Waals surface area contributed by atoms with E-state index in [0.29, 0.717) is 42.8 Å². The van der Waals surface area contributed by atoms with Crippen LogP contribution in [0.4, 0.5) is 5.69 Å². The molecule has 0 atom stereocenters. The summed E-state index contributed by atoms with van der Waals surface area (Å²) < 4.78 is 16.0. The molecule has 0 aromatic heterocycles. The number of methoxy groups -OCH3 is 1. The van der Waals surface area contributed by atoms with Crippen LogP contribution in [0.1, 0.15) is 93.6 Å². The van der Waals surface area contributed by atoms with E-state index in [2.05, 4.69) is 43.3 Å². The lowest BCUT2D eigenvalue weighted by Crippen LogP contribution is -2.39. The minimum Gasteiger partial charge on any atom is -0.469 e. The van der Waals surface area contributed by atoms with Crippen LogP contribution in [-0.4, -0.2) is 30.7 Å². The molecule has 0 N–H and O–H groups in total. The smallest absolute Gasteiger partial charge is 0.345 e. The molecule has 0 radical (unpaired) electrons. The molecule has 7 nitrogen and oxygen atoms in total. The third-order valence-corrected chi connectivity index (χ3v) is 7.64. The van der Waals surface area contributed by atoms with Crippen LogP contribution in [-0.2, 0) is 32.0 Å². The van der Waals surface area contributed by atoms with Gasteiger partial charge in [-0.05, 0) is 66.1 Å². The Balaban J connectivity index is 1.49. The van der Waals surface area contributed by atoms with E-state index in [4.69, 9.17) is 14.2 Å². The number of fused-ring (bicyclic) bond motifs is 1. The van der Waals surface area contributed by atoms with Gasteiger partial charge in [-0.1, -0.05) is 74.7 Å². The highest BCUT2D eigenvalue weighted by Gasteiger charge is 2.34. The van der Waals surface area contributed by atoms with Crippen molar-refractivity contribution in [2.24, 2.45) is 0 Å². The van der Waals surface area contributed by atoms with Crippen molar-refractivity contribution in [1.82, 2.24) is 0 Å². The third-order valence-electron chi connectivity index (χ3n) is 7.64. The van der Waals surface area contributed by atoms with Crippen molar-refractivity contribution in [1.29, 1.82) is 0 Å². The summed E-state index contributed by atoms with van der Waals surface area (Å²) >= 11 is 0. The molecule has 0 saturated heterocycles. The summed E-state index contributed by atoms with van der Waals surface area (Å²) in [6, 6.07) is 22.2. The molecular weight excluding hydrogens is 542 g/mol. The molecule has 1 heterocycles. The van der Waals surface area contributed by atoms with Crippen molar-refractivity contribution < 1.29 is 28.6 Å². The van der Waals surface area contributed by atoms with Crippen molar-refractivity contribution >= 4 is 23.5 Å². The molecule has 0 saturated carbocycles. The lowest BCUT2D eigenvalue weighted by molar-refractivity contribution is -0.140. The highest BCUT2D eigenvalue weighted by atomic mass is 16.7. The zero-order chi connectivity index (χ0) is 30.8. The first-order valence-electron chi connectivity index (χ1n) is 15.3. The number of cyclic esters (lactones) is 1. The van der Waals surface area contributed by atoms with Crippen molar-refractivity contribution in [2.75, 3.05) is 12.0 Å². The van der Waals surface area contributed by atoms with Crippen LogP contribution in [0, 0.1) is 0 Å². The topological polar surface area (TPSA) is 82.1 Å². The van der Waals surface area contributed by atoms with E-state index < -0.39 is 11.8 Å². The van der Waals surface area contributed by atoms with Crippen LogP contribution >= 0.6 is 0 Å². The van der Waals surface area contributed by atoms with Gasteiger partial charge in [0.25, 0.3) is 0 Å². The summed E-state index contributed by atoms with van der Waals surface area (Å²) in [5.41, 5.74) is 5.52. The fourth-order valence-corrected chi connectivity index (χ4v) is 5.19. The summed E-state index contributed by atoms with van der Waals surface area (Å²) in [5, 5.41) is 0. The van der Waals surface area contributed by atoms with Gasteiger partial charge in [-0.25, -0.2) is 4.79 Å². The van der Waals surface area contributed by atoms with E-state index in [1.165, 1.54) is 25.5 Å². The summed E-state index contributed by atoms with van der Waals surface area (Å²) in [7, 11) is 1.39. The average molecular weight is 586 g/mol. The van der Waals surface area contributed by atoms with Gasteiger partial charge in [0.1, 0.15) is 11.3 Å². The molecule has 0 unspecified atom stereocenters. The van der Waals surface area contributed by atoms with Crippen LogP contribution < -0.4 is 9.64 Å². The average Bonchev–Trinajstić information content (AvgIpc) is 3.00. The summed E-state index contributed by atoms with van der Waals surface area (Å²) in [4.78, 5) is 39.4. The number of hydrogen-bond acceptors (Lipinski definition) is 6. The number of unbranched alkanes of at least 4 members (excludes halogenated alkanes) is 4. The van der Waals surface area contributed by atoms with Crippen molar-refractivity contribution in [3.05, 3.63) is 83.4 Å². The highest BCUT2D eigenvalue weighted by Crippen LogP contribution is 2.35. The van der Waals surface area contributed by atoms with Gasteiger partial charge in [0, 0.05) is 32.4 Å². The minimum atomic E-state index is -1.05. The van der Waals surface area contributed by atoms with E-state index in [-0.39, 0.29) is 11.9 Å². The van der Waals surface area contributed by atoms with Gasteiger partial charge in [-0.2, -0.15) is 0 Å². The number of esters is 2. The SMILES string of the molecule is CCCCc1ccc(-c2ccc(CN(C(=O)CCCCCCC(=O)OC)c3ccc4c(c3)C(=O)OC(C)(C)O4)cc2)cc1. The van der Waals surface area contributed by atoms with Gasteiger partial charge >= 0.3 is 11.9 Å². The number of aryl methyl sites for hydroxylation is 1. The number of carbonyl (C=O) groups is 3. The van der Waals surface area contributed by atoms with Crippen LogP contribution in [0.2, 0.25) is 0 Å². The number of hydrogen-bond donors (Lipinski definition) is 0.